The zero-order valence-electron chi connectivity index (χ0n) is 9.45. The van der Waals surface area contributed by atoms with E-state index in [4.69, 9.17) is 23.8 Å². The van der Waals surface area contributed by atoms with Crippen LogP contribution in [-0.4, -0.2) is 9.55 Å². The van der Waals surface area contributed by atoms with E-state index in [1.54, 1.807) is 12.1 Å². The third-order valence-electron chi connectivity index (χ3n) is 2.81. The molecule has 2 aromatic carbocycles. The van der Waals surface area contributed by atoms with Gasteiger partial charge in [0.15, 0.2) is 4.77 Å². The third-order valence-corrected chi connectivity index (χ3v) is 4.30. The number of imidazole rings is 1. The molecule has 0 unspecified atom stereocenters. The zero-order valence-corrected chi connectivity index (χ0v) is 12.6. The van der Waals surface area contributed by atoms with Crippen molar-refractivity contribution in [2.45, 2.75) is 0 Å². The lowest BCUT2D eigenvalue weighted by Crippen LogP contribution is -1.94. The summed E-state index contributed by atoms with van der Waals surface area (Å²) in [5.74, 6) is -0.298. The molecule has 0 spiro atoms. The number of nitrogens with zero attached hydrogens (tertiary/aromatic N) is 1. The molecule has 0 aliphatic heterocycles. The van der Waals surface area contributed by atoms with E-state index in [0.29, 0.717) is 15.3 Å². The first-order valence-electron chi connectivity index (χ1n) is 5.42. The molecule has 3 rings (SSSR count). The van der Waals surface area contributed by atoms with Crippen LogP contribution in [0.2, 0.25) is 5.02 Å². The van der Waals surface area contributed by atoms with Crippen LogP contribution in [0.25, 0.3) is 16.7 Å². The second-order valence-electron chi connectivity index (χ2n) is 4.03. The highest BCUT2D eigenvalue weighted by atomic mass is 79.9. The topological polar surface area (TPSA) is 20.7 Å². The standard InChI is InChI=1S/C13H7BrClFN2S/c14-9-6-8(2-3-10(9)15)18-12-4-1-7(16)5-11(12)17-13(18)19/h1-6H,(H,17,19). The summed E-state index contributed by atoms with van der Waals surface area (Å²) in [5.41, 5.74) is 2.34. The van der Waals surface area contributed by atoms with E-state index in [1.807, 2.05) is 16.7 Å². The molecule has 0 amide bonds. The summed E-state index contributed by atoms with van der Waals surface area (Å²) < 4.78 is 16.3. The summed E-state index contributed by atoms with van der Waals surface area (Å²) in [6.45, 7) is 0. The Morgan fingerprint density at radius 3 is 2.74 bits per heavy atom. The van der Waals surface area contributed by atoms with Crippen LogP contribution in [0, 0.1) is 10.6 Å². The van der Waals surface area contributed by atoms with Crippen LogP contribution in [0.15, 0.2) is 40.9 Å². The molecule has 0 radical (unpaired) electrons. The number of rotatable bonds is 1. The van der Waals surface area contributed by atoms with Gasteiger partial charge in [0.25, 0.3) is 0 Å². The first kappa shape index (κ1) is 12.8. The fraction of sp³-hybridized carbons (Fsp3) is 0. The Kier molecular flexibility index (Phi) is 3.20. The van der Waals surface area contributed by atoms with E-state index in [-0.39, 0.29) is 5.82 Å². The lowest BCUT2D eigenvalue weighted by Gasteiger charge is -2.06. The van der Waals surface area contributed by atoms with Crippen molar-refractivity contribution in [1.29, 1.82) is 0 Å². The van der Waals surface area contributed by atoms with Gasteiger partial charge in [-0.25, -0.2) is 4.39 Å². The minimum absolute atomic E-state index is 0.298. The van der Waals surface area contributed by atoms with Gasteiger partial charge in [-0.1, -0.05) is 11.6 Å². The molecule has 1 aromatic heterocycles. The SMILES string of the molecule is Fc1ccc2c(c1)[nH]c(=S)n2-c1ccc(Cl)c(Br)c1. The van der Waals surface area contributed by atoms with Gasteiger partial charge >= 0.3 is 0 Å². The predicted molar refractivity (Wildman–Crippen MR) is 81.1 cm³/mol. The van der Waals surface area contributed by atoms with Gasteiger partial charge < -0.3 is 4.98 Å². The Bertz CT molecular complexity index is 840. The first-order chi connectivity index (χ1) is 9.06. The highest BCUT2D eigenvalue weighted by Crippen LogP contribution is 2.27. The maximum Gasteiger partial charge on any atom is 0.182 e. The average molecular weight is 358 g/mol. The summed E-state index contributed by atoms with van der Waals surface area (Å²) in [5, 5.41) is 0.626. The quantitative estimate of drug-likeness (QED) is 0.590. The van der Waals surface area contributed by atoms with Crippen molar-refractivity contribution in [2.24, 2.45) is 0 Å². The average Bonchev–Trinajstić information content (AvgIpc) is 2.68. The number of hydrogen-bond donors (Lipinski definition) is 1. The number of nitrogens with one attached hydrogen (secondary N) is 1. The van der Waals surface area contributed by atoms with Crippen molar-refractivity contribution in [2.75, 3.05) is 0 Å². The maximum absolute atomic E-state index is 13.2. The summed E-state index contributed by atoms with van der Waals surface area (Å²) in [6, 6.07) is 10.0. The van der Waals surface area contributed by atoms with E-state index in [9.17, 15) is 4.39 Å². The molecule has 0 aliphatic carbocycles. The van der Waals surface area contributed by atoms with Crippen LogP contribution in [0.3, 0.4) is 0 Å². The Labute approximate surface area is 127 Å². The minimum atomic E-state index is -0.298. The van der Waals surface area contributed by atoms with Crippen LogP contribution in [-0.2, 0) is 0 Å². The molecule has 0 atom stereocenters. The Morgan fingerprint density at radius 1 is 1.21 bits per heavy atom. The van der Waals surface area contributed by atoms with E-state index < -0.39 is 0 Å². The number of aromatic nitrogens is 2. The highest BCUT2D eigenvalue weighted by Gasteiger charge is 2.08. The molecule has 0 saturated heterocycles. The monoisotopic (exact) mass is 356 g/mol. The number of halogens is 3. The minimum Gasteiger partial charge on any atom is -0.330 e. The van der Waals surface area contributed by atoms with Gasteiger partial charge in [0, 0.05) is 10.2 Å². The molecule has 96 valence electrons. The number of hydrogen-bond acceptors (Lipinski definition) is 1. The summed E-state index contributed by atoms with van der Waals surface area (Å²) >= 11 is 14.7. The van der Waals surface area contributed by atoms with Gasteiger partial charge in [0.1, 0.15) is 5.82 Å². The fourth-order valence-electron chi connectivity index (χ4n) is 1.96. The van der Waals surface area contributed by atoms with Gasteiger partial charge in [0.2, 0.25) is 0 Å². The molecule has 3 aromatic rings. The lowest BCUT2D eigenvalue weighted by atomic mass is 10.2. The Balaban J connectivity index is 2.32. The molecule has 0 saturated carbocycles. The Hall–Kier alpha value is -1.17. The normalized spacial score (nSPS) is 11.1. The van der Waals surface area contributed by atoms with Crippen LogP contribution in [0.1, 0.15) is 0 Å². The van der Waals surface area contributed by atoms with Crippen LogP contribution in [0.5, 0.6) is 0 Å². The van der Waals surface area contributed by atoms with Crippen molar-refractivity contribution < 1.29 is 4.39 Å². The summed E-state index contributed by atoms with van der Waals surface area (Å²) in [7, 11) is 0. The first-order valence-corrected chi connectivity index (χ1v) is 7.00. The maximum atomic E-state index is 13.2. The molecule has 0 fully saturated rings. The van der Waals surface area contributed by atoms with Crippen LogP contribution >= 0.6 is 39.7 Å². The molecule has 6 heteroatoms. The van der Waals surface area contributed by atoms with Gasteiger partial charge in [-0.15, -0.1) is 0 Å². The van der Waals surface area contributed by atoms with Gasteiger partial charge in [-0.05, 0) is 64.5 Å². The van der Waals surface area contributed by atoms with Crippen LogP contribution in [0.4, 0.5) is 4.39 Å². The lowest BCUT2D eigenvalue weighted by molar-refractivity contribution is 0.629. The highest BCUT2D eigenvalue weighted by molar-refractivity contribution is 9.10. The molecular formula is C13H7BrClFN2S. The van der Waals surface area contributed by atoms with Crippen molar-refractivity contribution >= 4 is 50.8 Å². The van der Waals surface area contributed by atoms with E-state index in [0.717, 1.165) is 15.7 Å². The predicted octanol–water partition coefficient (Wildman–Crippen LogP) is 5.24. The van der Waals surface area contributed by atoms with Crippen molar-refractivity contribution in [1.82, 2.24) is 9.55 Å². The molecule has 1 heterocycles. The van der Waals surface area contributed by atoms with Crippen LogP contribution < -0.4 is 0 Å². The van der Waals surface area contributed by atoms with E-state index in [2.05, 4.69) is 20.9 Å². The van der Waals surface area contributed by atoms with Gasteiger partial charge in [-0.3, -0.25) is 4.57 Å². The molecule has 0 bridgehead atoms. The molecule has 19 heavy (non-hydrogen) atoms. The van der Waals surface area contributed by atoms with E-state index in [1.165, 1.54) is 12.1 Å². The Morgan fingerprint density at radius 2 is 2.00 bits per heavy atom. The third kappa shape index (κ3) is 2.22. The number of H-pyrrole nitrogens is 1. The largest absolute Gasteiger partial charge is 0.330 e. The second kappa shape index (κ2) is 4.74. The number of benzene rings is 2. The number of aromatic amines is 1. The smallest absolute Gasteiger partial charge is 0.182 e. The van der Waals surface area contributed by atoms with E-state index >= 15 is 0 Å². The van der Waals surface area contributed by atoms with Crippen molar-refractivity contribution in [3.05, 3.63) is 56.5 Å². The number of fused-ring (bicyclic) bond motifs is 1. The fourth-order valence-corrected chi connectivity index (χ4v) is 2.76. The van der Waals surface area contributed by atoms with Crippen molar-refractivity contribution in [3.8, 4) is 5.69 Å². The van der Waals surface area contributed by atoms with Gasteiger partial charge in [-0.2, -0.15) is 0 Å². The second-order valence-corrected chi connectivity index (χ2v) is 5.67. The van der Waals surface area contributed by atoms with Crippen molar-refractivity contribution in [3.63, 3.8) is 0 Å². The summed E-state index contributed by atoms with van der Waals surface area (Å²) in [6.07, 6.45) is 0. The molecule has 2 nitrogen and oxygen atoms in total. The van der Waals surface area contributed by atoms with Gasteiger partial charge in [0.05, 0.1) is 16.1 Å². The molecular weight excluding hydrogens is 351 g/mol. The zero-order chi connectivity index (χ0) is 13.6. The molecule has 0 aliphatic rings. The molecule has 1 N–H and O–H groups in total. The summed E-state index contributed by atoms with van der Waals surface area (Å²) in [4.78, 5) is 2.99.